The molecule has 9 nitrogen and oxygen atoms in total. The molecule has 0 aliphatic heterocycles. The maximum atomic E-state index is 13.2. The number of aryl methyl sites for hydroxylation is 2. The first-order valence-electron chi connectivity index (χ1n) is 9.87. The summed E-state index contributed by atoms with van der Waals surface area (Å²) >= 11 is 0. The predicted molar refractivity (Wildman–Crippen MR) is 115 cm³/mol. The highest BCUT2D eigenvalue weighted by atomic mass is 16.5. The molecule has 2 aromatic heterocycles. The first kappa shape index (κ1) is 20.3. The van der Waals surface area contributed by atoms with Crippen LogP contribution in [0.4, 0.5) is 5.69 Å². The number of para-hydroxylation sites is 2. The number of anilines is 1. The summed E-state index contributed by atoms with van der Waals surface area (Å²) in [6.07, 6.45) is 0.758. The summed E-state index contributed by atoms with van der Waals surface area (Å²) in [5, 5.41) is 6.88. The van der Waals surface area contributed by atoms with Crippen LogP contribution in [0.25, 0.3) is 10.9 Å². The SMILES string of the molecule is CCc1ccccc1NC(=O)Cn1c(=O)n(Cc2nc(C)no2)c(=O)c2ccccc21. The van der Waals surface area contributed by atoms with Gasteiger partial charge in [0.1, 0.15) is 13.1 Å². The molecule has 0 fully saturated rings. The molecule has 1 amide bonds. The van der Waals surface area contributed by atoms with Gasteiger partial charge in [-0.15, -0.1) is 0 Å². The fourth-order valence-corrected chi connectivity index (χ4v) is 3.49. The van der Waals surface area contributed by atoms with Crippen molar-refractivity contribution >= 4 is 22.5 Å². The van der Waals surface area contributed by atoms with E-state index in [2.05, 4.69) is 15.5 Å². The number of aromatic nitrogens is 4. The lowest BCUT2D eigenvalue weighted by molar-refractivity contribution is -0.116. The molecule has 31 heavy (non-hydrogen) atoms. The number of hydrogen-bond acceptors (Lipinski definition) is 6. The average Bonchev–Trinajstić information content (AvgIpc) is 3.19. The van der Waals surface area contributed by atoms with E-state index < -0.39 is 11.2 Å². The topological polar surface area (TPSA) is 112 Å². The van der Waals surface area contributed by atoms with Gasteiger partial charge in [-0.25, -0.2) is 4.79 Å². The van der Waals surface area contributed by atoms with Gasteiger partial charge in [0, 0.05) is 5.69 Å². The number of nitrogens with one attached hydrogen (secondary N) is 1. The van der Waals surface area contributed by atoms with Crippen molar-refractivity contribution in [1.29, 1.82) is 0 Å². The van der Waals surface area contributed by atoms with Gasteiger partial charge < -0.3 is 9.84 Å². The number of nitrogens with zero attached hydrogens (tertiary/aromatic N) is 4. The Kier molecular flexibility index (Phi) is 5.48. The minimum Gasteiger partial charge on any atom is -0.337 e. The monoisotopic (exact) mass is 419 g/mol. The number of hydrogen-bond donors (Lipinski definition) is 1. The van der Waals surface area contributed by atoms with Crippen molar-refractivity contribution < 1.29 is 9.32 Å². The molecule has 4 rings (SSSR count). The third kappa shape index (κ3) is 4.02. The summed E-state index contributed by atoms with van der Waals surface area (Å²) in [4.78, 5) is 43.0. The molecular weight excluding hydrogens is 398 g/mol. The lowest BCUT2D eigenvalue weighted by atomic mass is 10.1. The van der Waals surface area contributed by atoms with Crippen molar-refractivity contribution in [3.05, 3.63) is 86.6 Å². The Morgan fingerprint density at radius 1 is 1.06 bits per heavy atom. The molecule has 9 heteroatoms. The number of carbonyl (C=O) groups excluding carboxylic acids is 1. The maximum Gasteiger partial charge on any atom is 0.332 e. The van der Waals surface area contributed by atoms with Crippen LogP contribution in [0.3, 0.4) is 0 Å². The van der Waals surface area contributed by atoms with Crippen LogP contribution in [0.1, 0.15) is 24.2 Å². The lowest BCUT2D eigenvalue weighted by Crippen LogP contribution is -2.42. The van der Waals surface area contributed by atoms with Crippen molar-refractivity contribution in [1.82, 2.24) is 19.3 Å². The van der Waals surface area contributed by atoms with Gasteiger partial charge in [-0.05, 0) is 37.1 Å². The van der Waals surface area contributed by atoms with Crippen LogP contribution in [-0.2, 0) is 24.3 Å². The fraction of sp³-hybridized carbons (Fsp3) is 0.227. The Balaban J connectivity index is 1.75. The number of amides is 1. The third-order valence-electron chi connectivity index (χ3n) is 4.97. The van der Waals surface area contributed by atoms with Crippen LogP contribution in [0.2, 0.25) is 0 Å². The molecule has 158 valence electrons. The highest BCUT2D eigenvalue weighted by molar-refractivity contribution is 5.92. The van der Waals surface area contributed by atoms with Crippen LogP contribution in [-0.4, -0.2) is 25.2 Å². The van der Waals surface area contributed by atoms with Gasteiger partial charge in [-0.2, -0.15) is 4.98 Å². The Bertz CT molecular complexity index is 1380. The van der Waals surface area contributed by atoms with Crippen LogP contribution in [0, 0.1) is 6.92 Å². The molecule has 0 aliphatic rings. The zero-order chi connectivity index (χ0) is 22.0. The molecule has 0 spiro atoms. The molecule has 0 saturated carbocycles. The molecule has 2 aromatic carbocycles. The van der Waals surface area contributed by atoms with Crippen molar-refractivity contribution in [2.75, 3.05) is 5.32 Å². The van der Waals surface area contributed by atoms with Crippen LogP contribution >= 0.6 is 0 Å². The van der Waals surface area contributed by atoms with E-state index in [-0.39, 0.29) is 24.9 Å². The Hall–Kier alpha value is -4.01. The number of benzene rings is 2. The van der Waals surface area contributed by atoms with Crippen LogP contribution in [0.15, 0.2) is 62.6 Å². The van der Waals surface area contributed by atoms with Gasteiger partial charge in [0.2, 0.25) is 11.8 Å². The average molecular weight is 419 g/mol. The molecule has 1 N–H and O–H groups in total. The summed E-state index contributed by atoms with van der Waals surface area (Å²) in [5.41, 5.74) is 0.962. The molecule has 0 saturated heterocycles. The van der Waals surface area contributed by atoms with Crippen molar-refractivity contribution in [3.8, 4) is 0 Å². The summed E-state index contributed by atoms with van der Waals surface area (Å²) in [6, 6.07) is 14.2. The van der Waals surface area contributed by atoms with Crippen LogP contribution in [0.5, 0.6) is 0 Å². The van der Waals surface area contributed by atoms with Crippen LogP contribution < -0.4 is 16.6 Å². The Morgan fingerprint density at radius 2 is 1.81 bits per heavy atom. The summed E-state index contributed by atoms with van der Waals surface area (Å²) in [7, 11) is 0. The fourth-order valence-electron chi connectivity index (χ4n) is 3.49. The van der Waals surface area contributed by atoms with Crippen molar-refractivity contribution in [3.63, 3.8) is 0 Å². The largest absolute Gasteiger partial charge is 0.337 e. The molecule has 0 radical (unpaired) electrons. The zero-order valence-corrected chi connectivity index (χ0v) is 17.2. The summed E-state index contributed by atoms with van der Waals surface area (Å²) in [5.74, 6) is 0.171. The normalized spacial score (nSPS) is 11.0. The second-order valence-electron chi connectivity index (χ2n) is 7.07. The van der Waals surface area contributed by atoms with Crippen molar-refractivity contribution in [2.24, 2.45) is 0 Å². The second kappa shape index (κ2) is 8.39. The molecule has 4 aromatic rings. The maximum absolute atomic E-state index is 13.2. The minimum atomic E-state index is -0.626. The summed E-state index contributed by atoms with van der Waals surface area (Å²) < 4.78 is 7.35. The number of rotatable bonds is 6. The van der Waals surface area contributed by atoms with E-state index in [4.69, 9.17) is 4.52 Å². The van der Waals surface area contributed by atoms with Crippen molar-refractivity contribution in [2.45, 2.75) is 33.4 Å². The third-order valence-corrected chi connectivity index (χ3v) is 4.97. The number of carbonyl (C=O) groups is 1. The lowest BCUT2D eigenvalue weighted by Gasteiger charge is -2.14. The Labute approximate surface area is 176 Å². The molecule has 0 bridgehead atoms. The molecule has 0 atom stereocenters. The number of fused-ring (bicyclic) bond motifs is 1. The minimum absolute atomic E-state index is 0.139. The quantitative estimate of drug-likeness (QED) is 0.512. The van der Waals surface area contributed by atoms with Gasteiger partial charge in [0.15, 0.2) is 5.82 Å². The second-order valence-corrected chi connectivity index (χ2v) is 7.07. The van der Waals surface area contributed by atoms with E-state index in [9.17, 15) is 14.4 Å². The molecular formula is C22H21N5O4. The van der Waals surface area contributed by atoms with E-state index in [1.165, 1.54) is 4.57 Å². The van der Waals surface area contributed by atoms with Gasteiger partial charge in [0.05, 0.1) is 10.9 Å². The highest BCUT2D eigenvalue weighted by Crippen LogP contribution is 2.16. The molecule has 0 aliphatic carbocycles. The summed E-state index contributed by atoms with van der Waals surface area (Å²) in [6.45, 7) is 3.22. The first-order valence-corrected chi connectivity index (χ1v) is 9.87. The van der Waals surface area contributed by atoms with Gasteiger partial charge >= 0.3 is 5.69 Å². The van der Waals surface area contributed by atoms with Gasteiger partial charge in [0.25, 0.3) is 5.56 Å². The Morgan fingerprint density at radius 3 is 2.55 bits per heavy atom. The standard InChI is InChI=1S/C22H21N5O4/c1-3-15-8-4-6-10-17(15)24-19(28)12-26-18-11-7-5-9-16(18)21(29)27(22(26)30)13-20-23-14(2)25-31-20/h4-11H,3,12-13H2,1-2H3,(H,24,28). The van der Waals surface area contributed by atoms with E-state index >= 15 is 0 Å². The van der Waals surface area contributed by atoms with Gasteiger partial charge in [-0.1, -0.05) is 42.4 Å². The van der Waals surface area contributed by atoms with E-state index in [0.717, 1.165) is 16.6 Å². The van der Waals surface area contributed by atoms with E-state index in [1.807, 2.05) is 31.2 Å². The highest BCUT2D eigenvalue weighted by Gasteiger charge is 2.17. The van der Waals surface area contributed by atoms with E-state index in [0.29, 0.717) is 22.4 Å². The molecule has 2 heterocycles. The predicted octanol–water partition coefficient (Wildman–Crippen LogP) is 2.10. The molecule has 0 unspecified atom stereocenters. The van der Waals surface area contributed by atoms with E-state index in [1.54, 1.807) is 31.2 Å². The smallest absolute Gasteiger partial charge is 0.332 e. The zero-order valence-electron chi connectivity index (χ0n) is 17.2. The first-order chi connectivity index (χ1) is 15.0. The van der Waals surface area contributed by atoms with Gasteiger partial charge in [-0.3, -0.25) is 18.7 Å².